The van der Waals surface area contributed by atoms with Gasteiger partial charge in [-0.2, -0.15) is 15.4 Å². The minimum absolute atomic E-state index is 0.262. The number of carbonyl (C=O) groups is 1. The predicted molar refractivity (Wildman–Crippen MR) is 109 cm³/mol. The zero-order chi connectivity index (χ0) is 20.7. The number of benzene rings is 3. The van der Waals surface area contributed by atoms with Crippen LogP contribution in [0.5, 0.6) is 0 Å². The Labute approximate surface area is 169 Å². The van der Waals surface area contributed by atoms with Crippen LogP contribution in [0, 0.1) is 11.6 Å². The Kier molecular flexibility index (Phi) is 4.24. The zero-order valence-corrected chi connectivity index (χ0v) is 15.6. The van der Waals surface area contributed by atoms with Gasteiger partial charge in [0.15, 0.2) is 0 Å². The predicted octanol–water partition coefficient (Wildman–Crippen LogP) is 4.49. The quantitative estimate of drug-likeness (QED) is 0.464. The van der Waals surface area contributed by atoms with Crippen molar-refractivity contribution in [2.75, 3.05) is 5.32 Å². The number of nitrogens with zero attached hydrogens (tertiary/aromatic N) is 3. The second kappa shape index (κ2) is 7.07. The molecule has 148 valence electrons. The maximum absolute atomic E-state index is 13.7. The summed E-state index contributed by atoms with van der Waals surface area (Å²) in [6.45, 7) is 0.262. The molecule has 5 aromatic rings. The Morgan fingerprint density at radius 2 is 1.77 bits per heavy atom. The zero-order valence-electron chi connectivity index (χ0n) is 15.6. The molecule has 2 heterocycles. The molecule has 0 aliphatic heterocycles. The number of hydrogen-bond donors (Lipinski definition) is 2. The Balaban J connectivity index is 1.55. The highest BCUT2D eigenvalue weighted by Gasteiger charge is 2.17. The molecular formula is C22H15F2N5O. The SMILES string of the molecule is O=C(Nc1ccc2n[nH]nc2c1)c1cc2cc(F)ccc2n1Cc1cccc(F)c1. The van der Waals surface area contributed by atoms with Crippen molar-refractivity contribution in [1.29, 1.82) is 0 Å². The minimum atomic E-state index is -0.395. The van der Waals surface area contributed by atoms with E-state index in [1.807, 2.05) is 0 Å². The van der Waals surface area contributed by atoms with Crippen LogP contribution >= 0.6 is 0 Å². The Morgan fingerprint density at radius 3 is 2.63 bits per heavy atom. The van der Waals surface area contributed by atoms with E-state index in [4.69, 9.17) is 0 Å². The number of aromatic nitrogens is 4. The Hall–Kier alpha value is -4.07. The number of H-pyrrole nitrogens is 1. The molecule has 5 rings (SSSR count). The number of halogens is 2. The van der Waals surface area contributed by atoms with Crippen LogP contribution in [0.1, 0.15) is 16.1 Å². The van der Waals surface area contributed by atoms with Crippen LogP contribution in [-0.2, 0) is 6.54 Å². The van der Waals surface area contributed by atoms with Crippen LogP contribution in [0.2, 0.25) is 0 Å². The lowest BCUT2D eigenvalue weighted by Crippen LogP contribution is -2.17. The van der Waals surface area contributed by atoms with Crippen molar-refractivity contribution in [2.45, 2.75) is 6.54 Å². The molecule has 3 aromatic carbocycles. The fraction of sp³-hybridized carbons (Fsp3) is 0.0455. The summed E-state index contributed by atoms with van der Waals surface area (Å²) in [7, 11) is 0. The van der Waals surface area contributed by atoms with E-state index in [1.165, 1.54) is 24.3 Å². The highest BCUT2D eigenvalue weighted by Crippen LogP contribution is 2.24. The average Bonchev–Trinajstić information content (AvgIpc) is 3.32. The Bertz CT molecular complexity index is 1410. The summed E-state index contributed by atoms with van der Waals surface area (Å²) in [5, 5.41) is 14.0. The molecule has 8 heteroatoms. The van der Waals surface area contributed by atoms with Gasteiger partial charge in [0.1, 0.15) is 28.4 Å². The van der Waals surface area contributed by atoms with Crippen molar-refractivity contribution < 1.29 is 13.6 Å². The normalized spacial score (nSPS) is 11.3. The van der Waals surface area contributed by atoms with Crippen LogP contribution in [0.3, 0.4) is 0 Å². The summed E-state index contributed by atoms with van der Waals surface area (Å²) in [5.74, 6) is -1.12. The van der Waals surface area contributed by atoms with Crippen molar-refractivity contribution in [3.63, 3.8) is 0 Å². The van der Waals surface area contributed by atoms with Gasteiger partial charge in [-0.05, 0) is 60.2 Å². The van der Waals surface area contributed by atoms with Crippen LogP contribution < -0.4 is 5.32 Å². The molecule has 0 fully saturated rings. The number of carbonyl (C=O) groups excluding carboxylic acids is 1. The monoisotopic (exact) mass is 403 g/mol. The molecule has 0 aliphatic carbocycles. The number of aromatic amines is 1. The number of amides is 1. The van der Waals surface area contributed by atoms with Crippen molar-refractivity contribution in [2.24, 2.45) is 0 Å². The maximum Gasteiger partial charge on any atom is 0.272 e. The second-order valence-electron chi connectivity index (χ2n) is 6.93. The van der Waals surface area contributed by atoms with E-state index in [0.717, 1.165) is 0 Å². The maximum atomic E-state index is 13.7. The van der Waals surface area contributed by atoms with E-state index in [-0.39, 0.29) is 18.3 Å². The van der Waals surface area contributed by atoms with Crippen molar-refractivity contribution in [3.05, 3.63) is 89.6 Å². The van der Waals surface area contributed by atoms with Crippen LogP contribution in [-0.4, -0.2) is 25.9 Å². The molecule has 0 bridgehead atoms. The molecule has 6 nitrogen and oxygen atoms in total. The number of anilines is 1. The van der Waals surface area contributed by atoms with Crippen molar-refractivity contribution >= 4 is 33.5 Å². The van der Waals surface area contributed by atoms with E-state index < -0.39 is 5.82 Å². The van der Waals surface area contributed by atoms with E-state index >= 15 is 0 Å². The molecule has 0 saturated heterocycles. The van der Waals surface area contributed by atoms with E-state index in [1.54, 1.807) is 47.0 Å². The first kappa shape index (κ1) is 18.0. The third-order valence-electron chi connectivity index (χ3n) is 4.90. The first-order valence-corrected chi connectivity index (χ1v) is 9.22. The highest BCUT2D eigenvalue weighted by molar-refractivity contribution is 6.07. The summed E-state index contributed by atoms with van der Waals surface area (Å²) in [5.41, 5.74) is 3.56. The van der Waals surface area contributed by atoms with Crippen LogP contribution in [0.25, 0.3) is 21.9 Å². The highest BCUT2D eigenvalue weighted by atomic mass is 19.1. The van der Waals surface area contributed by atoms with Gasteiger partial charge in [-0.3, -0.25) is 4.79 Å². The molecule has 1 amide bonds. The second-order valence-corrected chi connectivity index (χ2v) is 6.93. The Morgan fingerprint density at radius 1 is 0.933 bits per heavy atom. The summed E-state index contributed by atoms with van der Waals surface area (Å²) < 4.78 is 29.2. The third kappa shape index (κ3) is 3.28. The largest absolute Gasteiger partial charge is 0.332 e. The molecule has 2 aromatic heterocycles. The standard InChI is InChI=1S/C22H15F2N5O/c23-15-3-1-2-13(8-15)12-29-20-7-4-16(24)9-14(20)10-21(29)22(30)25-17-5-6-18-19(11-17)27-28-26-18/h1-11H,12H2,(H,25,30)(H,26,27,28). The van der Waals surface area contributed by atoms with Gasteiger partial charge in [-0.1, -0.05) is 12.1 Å². The van der Waals surface area contributed by atoms with Crippen molar-refractivity contribution in [3.8, 4) is 0 Å². The smallest absolute Gasteiger partial charge is 0.272 e. The summed E-state index contributed by atoms with van der Waals surface area (Å²) in [6.07, 6.45) is 0. The average molecular weight is 403 g/mol. The minimum Gasteiger partial charge on any atom is -0.332 e. The van der Waals surface area contributed by atoms with Gasteiger partial charge >= 0.3 is 0 Å². The molecule has 0 saturated carbocycles. The van der Waals surface area contributed by atoms with E-state index in [9.17, 15) is 13.6 Å². The van der Waals surface area contributed by atoms with Crippen LogP contribution in [0.15, 0.2) is 66.7 Å². The first-order chi connectivity index (χ1) is 14.6. The van der Waals surface area contributed by atoms with Gasteiger partial charge in [0.05, 0.1) is 0 Å². The summed E-state index contributed by atoms with van der Waals surface area (Å²) in [4.78, 5) is 13.1. The molecular weight excluding hydrogens is 388 g/mol. The lowest BCUT2D eigenvalue weighted by molar-refractivity contribution is 0.101. The number of fused-ring (bicyclic) bond motifs is 2. The molecule has 0 atom stereocenters. The van der Waals surface area contributed by atoms with E-state index in [0.29, 0.717) is 38.9 Å². The van der Waals surface area contributed by atoms with Crippen LogP contribution in [0.4, 0.5) is 14.5 Å². The molecule has 0 unspecified atom stereocenters. The van der Waals surface area contributed by atoms with Gasteiger partial charge in [-0.15, -0.1) is 0 Å². The molecule has 0 radical (unpaired) electrons. The molecule has 2 N–H and O–H groups in total. The number of rotatable bonds is 4. The van der Waals surface area contributed by atoms with Gasteiger partial charge in [0, 0.05) is 23.1 Å². The first-order valence-electron chi connectivity index (χ1n) is 9.22. The topological polar surface area (TPSA) is 75.6 Å². The summed E-state index contributed by atoms with van der Waals surface area (Å²) in [6, 6.07) is 17.3. The van der Waals surface area contributed by atoms with Crippen molar-refractivity contribution in [1.82, 2.24) is 20.0 Å². The number of hydrogen-bond acceptors (Lipinski definition) is 3. The lowest BCUT2D eigenvalue weighted by atomic mass is 10.2. The molecule has 0 aliphatic rings. The third-order valence-corrected chi connectivity index (χ3v) is 4.90. The van der Waals surface area contributed by atoms with Gasteiger partial charge < -0.3 is 9.88 Å². The molecule has 0 spiro atoms. The van der Waals surface area contributed by atoms with Gasteiger partial charge in [0.25, 0.3) is 5.91 Å². The molecule has 30 heavy (non-hydrogen) atoms. The van der Waals surface area contributed by atoms with E-state index in [2.05, 4.69) is 20.7 Å². The lowest BCUT2D eigenvalue weighted by Gasteiger charge is -2.12. The summed E-state index contributed by atoms with van der Waals surface area (Å²) >= 11 is 0. The fourth-order valence-electron chi connectivity index (χ4n) is 3.53. The fourth-order valence-corrected chi connectivity index (χ4v) is 3.53. The number of nitrogens with one attached hydrogen (secondary N) is 2. The van der Waals surface area contributed by atoms with Gasteiger partial charge in [-0.25, -0.2) is 8.78 Å². The van der Waals surface area contributed by atoms with Gasteiger partial charge in [0.2, 0.25) is 0 Å².